The van der Waals surface area contributed by atoms with Gasteiger partial charge in [-0.05, 0) is 43.8 Å². The molecule has 1 aliphatic heterocycles. The van der Waals surface area contributed by atoms with E-state index in [0.717, 1.165) is 32.0 Å². The van der Waals surface area contributed by atoms with Gasteiger partial charge in [0.2, 0.25) is 0 Å². The molecule has 0 bridgehead atoms. The van der Waals surface area contributed by atoms with E-state index in [1.54, 1.807) is 0 Å². The van der Waals surface area contributed by atoms with E-state index < -0.39 is 0 Å². The third-order valence-electron chi connectivity index (χ3n) is 4.26. The number of aliphatic imine (C=N–C) groups is 1. The van der Waals surface area contributed by atoms with Crippen molar-refractivity contribution in [1.82, 2.24) is 15.1 Å². The molecule has 1 N–H and O–H groups in total. The quantitative estimate of drug-likeness (QED) is 0.410. The van der Waals surface area contributed by atoms with E-state index in [4.69, 9.17) is 0 Å². The van der Waals surface area contributed by atoms with Gasteiger partial charge in [0.1, 0.15) is 0 Å². The van der Waals surface area contributed by atoms with E-state index in [2.05, 4.69) is 44.7 Å². The largest absolute Gasteiger partial charge is 0.355 e. The van der Waals surface area contributed by atoms with Crippen LogP contribution in [0.25, 0.3) is 0 Å². The molecular weight excluding hydrogens is 419 g/mol. The molecule has 2 heterocycles. The van der Waals surface area contributed by atoms with Crippen LogP contribution in [-0.4, -0.2) is 62.6 Å². The zero-order chi connectivity index (χ0) is 15.6. The Morgan fingerprint density at radius 2 is 2.04 bits per heavy atom. The number of nitrogens with zero attached hydrogens (tertiary/aromatic N) is 3. The monoisotopic (exact) mass is 450 g/mol. The lowest BCUT2D eigenvalue weighted by Gasteiger charge is -2.24. The molecule has 23 heavy (non-hydrogen) atoms. The van der Waals surface area contributed by atoms with E-state index in [1.807, 2.05) is 18.4 Å². The van der Waals surface area contributed by atoms with Crippen molar-refractivity contribution in [2.45, 2.75) is 32.1 Å². The summed E-state index contributed by atoms with van der Waals surface area (Å²) in [6, 6.07) is 4.32. The van der Waals surface area contributed by atoms with E-state index >= 15 is 0 Å². The molecule has 0 unspecified atom stereocenters. The van der Waals surface area contributed by atoms with Gasteiger partial charge in [-0.15, -0.1) is 35.3 Å². The van der Waals surface area contributed by atoms with Crippen LogP contribution in [0.2, 0.25) is 0 Å². The average molecular weight is 450 g/mol. The molecule has 1 fully saturated rings. The summed E-state index contributed by atoms with van der Waals surface area (Å²) in [5.74, 6) is 1.01. The molecule has 0 aromatic carbocycles. The second kappa shape index (κ2) is 12.1. The fourth-order valence-corrected chi connectivity index (χ4v) is 3.61. The van der Waals surface area contributed by atoms with Crippen LogP contribution in [0.1, 0.15) is 30.6 Å². The number of nitrogens with one attached hydrogen (secondary N) is 1. The first-order valence-corrected chi connectivity index (χ1v) is 9.34. The topological polar surface area (TPSA) is 30.9 Å². The standard InChI is InChI=1S/C17H30N4S.HI/c1-18-17(20(2)13-9-16-8-7-15-22-16)19-10-14-21-11-5-3-4-6-12-21;/h7-8,15H,3-6,9-14H2,1-2H3,(H,18,19);1H. The Hall–Kier alpha value is -0.340. The third kappa shape index (κ3) is 7.85. The first-order chi connectivity index (χ1) is 10.8. The molecule has 0 saturated carbocycles. The summed E-state index contributed by atoms with van der Waals surface area (Å²) in [6.45, 7) is 5.63. The number of halogens is 1. The SMILES string of the molecule is CN=C(NCCN1CCCCCC1)N(C)CCc1cccs1.I. The van der Waals surface area contributed by atoms with E-state index in [-0.39, 0.29) is 24.0 Å². The van der Waals surface area contributed by atoms with Gasteiger partial charge in [-0.25, -0.2) is 0 Å². The second-order valence-corrected chi connectivity index (χ2v) is 7.01. The Morgan fingerprint density at radius 3 is 2.65 bits per heavy atom. The van der Waals surface area contributed by atoms with Gasteiger partial charge in [-0.3, -0.25) is 4.99 Å². The van der Waals surface area contributed by atoms with Crippen LogP contribution < -0.4 is 5.32 Å². The smallest absolute Gasteiger partial charge is 0.193 e. The summed E-state index contributed by atoms with van der Waals surface area (Å²) < 4.78 is 0. The maximum Gasteiger partial charge on any atom is 0.193 e. The van der Waals surface area contributed by atoms with Crippen LogP contribution in [0.3, 0.4) is 0 Å². The fourth-order valence-electron chi connectivity index (χ4n) is 2.91. The van der Waals surface area contributed by atoms with Crippen molar-refractivity contribution in [2.75, 3.05) is 46.8 Å². The van der Waals surface area contributed by atoms with Crippen molar-refractivity contribution < 1.29 is 0 Å². The summed E-state index contributed by atoms with van der Waals surface area (Å²) in [7, 11) is 3.99. The highest BCUT2D eigenvalue weighted by atomic mass is 127. The number of hydrogen-bond donors (Lipinski definition) is 1. The number of likely N-dealkylation sites (N-methyl/N-ethyl adjacent to an activating group) is 1. The molecule has 0 atom stereocenters. The molecule has 1 aromatic heterocycles. The highest BCUT2D eigenvalue weighted by Crippen LogP contribution is 2.10. The first-order valence-electron chi connectivity index (χ1n) is 8.46. The Morgan fingerprint density at radius 1 is 1.30 bits per heavy atom. The predicted molar refractivity (Wildman–Crippen MR) is 112 cm³/mol. The number of hydrogen-bond acceptors (Lipinski definition) is 3. The summed E-state index contributed by atoms with van der Waals surface area (Å²) >= 11 is 1.83. The van der Waals surface area contributed by atoms with Crippen molar-refractivity contribution in [3.63, 3.8) is 0 Å². The molecule has 6 heteroatoms. The van der Waals surface area contributed by atoms with Crippen LogP contribution in [0.5, 0.6) is 0 Å². The van der Waals surface area contributed by atoms with Gasteiger partial charge in [0, 0.05) is 38.6 Å². The number of rotatable bonds is 6. The van der Waals surface area contributed by atoms with Crippen molar-refractivity contribution in [3.05, 3.63) is 22.4 Å². The Bertz CT molecular complexity index is 428. The van der Waals surface area contributed by atoms with Gasteiger partial charge in [0.05, 0.1) is 0 Å². The first kappa shape index (κ1) is 20.7. The molecule has 2 rings (SSSR count). The summed E-state index contributed by atoms with van der Waals surface area (Å²) in [4.78, 5) is 10.6. The maximum absolute atomic E-state index is 4.41. The van der Waals surface area contributed by atoms with Crippen LogP contribution in [-0.2, 0) is 6.42 Å². The minimum absolute atomic E-state index is 0. The van der Waals surface area contributed by atoms with Crippen LogP contribution >= 0.6 is 35.3 Å². The zero-order valence-electron chi connectivity index (χ0n) is 14.5. The summed E-state index contributed by atoms with van der Waals surface area (Å²) in [5.41, 5.74) is 0. The number of likely N-dealkylation sites (tertiary alicyclic amines) is 1. The minimum atomic E-state index is 0. The van der Waals surface area contributed by atoms with Crippen molar-refractivity contribution in [1.29, 1.82) is 0 Å². The van der Waals surface area contributed by atoms with Crippen molar-refractivity contribution in [2.24, 2.45) is 4.99 Å². The van der Waals surface area contributed by atoms with Crippen molar-refractivity contribution >= 4 is 41.3 Å². The molecule has 0 spiro atoms. The normalized spacial score (nSPS) is 16.5. The van der Waals surface area contributed by atoms with Crippen LogP contribution in [0.4, 0.5) is 0 Å². The second-order valence-electron chi connectivity index (χ2n) is 5.98. The van der Waals surface area contributed by atoms with Crippen LogP contribution in [0.15, 0.2) is 22.5 Å². The summed E-state index contributed by atoms with van der Waals surface area (Å²) in [5, 5.41) is 5.65. The molecule has 0 aliphatic carbocycles. The van der Waals surface area contributed by atoms with Gasteiger partial charge in [-0.1, -0.05) is 18.9 Å². The number of guanidine groups is 1. The Balaban J connectivity index is 0.00000264. The fraction of sp³-hybridized carbons (Fsp3) is 0.706. The predicted octanol–water partition coefficient (Wildman–Crippen LogP) is 3.29. The van der Waals surface area contributed by atoms with E-state index in [0.29, 0.717) is 0 Å². The van der Waals surface area contributed by atoms with Gasteiger partial charge in [-0.2, -0.15) is 0 Å². The molecule has 1 aromatic rings. The highest BCUT2D eigenvalue weighted by molar-refractivity contribution is 14.0. The average Bonchev–Trinajstić information content (AvgIpc) is 2.92. The molecule has 0 radical (unpaired) electrons. The lowest BCUT2D eigenvalue weighted by molar-refractivity contribution is 0.288. The molecular formula is C17H31IN4S. The maximum atomic E-state index is 4.41. The van der Waals surface area contributed by atoms with Crippen LogP contribution in [0, 0.1) is 0 Å². The zero-order valence-corrected chi connectivity index (χ0v) is 17.6. The van der Waals surface area contributed by atoms with Gasteiger partial charge >= 0.3 is 0 Å². The molecule has 1 aliphatic rings. The number of thiophene rings is 1. The highest BCUT2D eigenvalue weighted by Gasteiger charge is 2.10. The van der Waals surface area contributed by atoms with Gasteiger partial charge in [0.25, 0.3) is 0 Å². The molecule has 1 saturated heterocycles. The Kier molecular flexibility index (Phi) is 10.9. The molecule has 132 valence electrons. The van der Waals surface area contributed by atoms with E-state index in [1.165, 1.54) is 43.6 Å². The Labute approximate surface area is 162 Å². The van der Waals surface area contributed by atoms with Gasteiger partial charge < -0.3 is 15.1 Å². The minimum Gasteiger partial charge on any atom is -0.355 e. The lowest BCUT2D eigenvalue weighted by Crippen LogP contribution is -2.43. The third-order valence-corrected chi connectivity index (χ3v) is 5.19. The lowest BCUT2D eigenvalue weighted by atomic mass is 10.2. The van der Waals surface area contributed by atoms with Crippen molar-refractivity contribution in [3.8, 4) is 0 Å². The summed E-state index contributed by atoms with van der Waals surface area (Å²) in [6.07, 6.45) is 6.60. The van der Waals surface area contributed by atoms with E-state index in [9.17, 15) is 0 Å². The van der Waals surface area contributed by atoms with Gasteiger partial charge in [0.15, 0.2) is 5.96 Å². The molecule has 4 nitrogen and oxygen atoms in total. The molecule has 0 amide bonds.